The molecule has 2 heterocycles. The third-order valence-corrected chi connectivity index (χ3v) is 4.01. The number of thiazole rings is 1. The number of hydrogen-bond donors (Lipinski definition) is 1. The average Bonchev–Trinajstić information content (AvgIpc) is 2.87. The molecule has 3 nitrogen and oxygen atoms in total. The lowest BCUT2D eigenvalue weighted by molar-refractivity contribution is 0.490. The van der Waals surface area contributed by atoms with Gasteiger partial charge >= 0.3 is 0 Å². The number of nitrogens with one attached hydrogen (secondary N) is 1. The Hall–Kier alpha value is -1.13. The van der Waals surface area contributed by atoms with E-state index in [1.165, 1.54) is 16.0 Å². The van der Waals surface area contributed by atoms with Crippen molar-refractivity contribution in [3.63, 3.8) is 0 Å². The smallest absolute Gasteiger partial charge is 0.106 e. The number of rotatable bonds is 4. The Kier molecular flexibility index (Phi) is 3.64. The summed E-state index contributed by atoms with van der Waals surface area (Å²) in [6.07, 6.45) is 2.90. The molecular formula is C13H18N2OS. The Balaban J connectivity index is 2.29. The third-order valence-electron chi connectivity index (χ3n) is 3.20. The minimum absolute atomic E-state index is 0.299. The van der Waals surface area contributed by atoms with Crippen LogP contribution in [0, 0.1) is 20.8 Å². The SMILES string of the molecule is CNC(Cc1cncs1)c1c(C)oc(C)c1C. The second kappa shape index (κ2) is 5.02. The van der Waals surface area contributed by atoms with Gasteiger partial charge in [0.2, 0.25) is 0 Å². The molecule has 1 atom stereocenters. The summed E-state index contributed by atoms with van der Waals surface area (Å²) < 4.78 is 5.70. The first-order valence-corrected chi connectivity index (χ1v) is 6.62. The summed E-state index contributed by atoms with van der Waals surface area (Å²) in [6, 6.07) is 0.299. The van der Waals surface area contributed by atoms with Crippen LogP contribution in [0.3, 0.4) is 0 Å². The largest absolute Gasteiger partial charge is 0.466 e. The Morgan fingerprint density at radius 2 is 2.12 bits per heavy atom. The van der Waals surface area contributed by atoms with E-state index >= 15 is 0 Å². The average molecular weight is 250 g/mol. The van der Waals surface area contributed by atoms with Gasteiger partial charge in [0, 0.05) is 29.1 Å². The molecule has 1 N–H and O–H groups in total. The highest BCUT2D eigenvalue weighted by molar-refractivity contribution is 7.09. The van der Waals surface area contributed by atoms with E-state index in [0.717, 1.165) is 17.9 Å². The summed E-state index contributed by atoms with van der Waals surface area (Å²) in [7, 11) is 1.99. The molecule has 2 aromatic rings. The first kappa shape index (κ1) is 12.3. The predicted octanol–water partition coefficient (Wildman–Crippen LogP) is 3.16. The van der Waals surface area contributed by atoms with Crippen molar-refractivity contribution in [2.24, 2.45) is 0 Å². The maximum absolute atomic E-state index is 5.70. The van der Waals surface area contributed by atoms with Gasteiger partial charge in [-0.1, -0.05) is 0 Å². The lowest BCUT2D eigenvalue weighted by atomic mass is 9.99. The first-order valence-electron chi connectivity index (χ1n) is 5.74. The number of likely N-dealkylation sites (N-methyl/N-ethyl adjacent to an activating group) is 1. The molecule has 0 radical (unpaired) electrons. The molecule has 0 aromatic carbocycles. The van der Waals surface area contributed by atoms with Crippen molar-refractivity contribution in [3.05, 3.63) is 39.2 Å². The molecule has 0 saturated carbocycles. The van der Waals surface area contributed by atoms with Crippen LogP contribution in [0.15, 0.2) is 16.1 Å². The van der Waals surface area contributed by atoms with Gasteiger partial charge in [0.05, 0.1) is 5.51 Å². The number of furan rings is 1. The van der Waals surface area contributed by atoms with Crippen LogP contribution in [0.4, 0.5) is 0 Å². The molecule has 0 aliphatic rings. The van der Waals surface area contributed by atoms with Gasteiger partial charge in [0.25, 0.3) is 0 Å². The number of aromatic nitrogens is 1. The van der Waals surface area contributed by atoms with Gasteiger partial charge in [-0.3, -0.25) is 4.98 Å². The Morgan fingerprint density at radius 1 is 1.35 bits per heavy atom. The zero-order valence-electron chi connectivity index (χ0n) is 10.7. The van der Waals surface area contributed by atoms with E-state index in [1.807, 2.05) is 32.6 Å². The minimum Gasteiger partial charge on any atom is -0.466 e. The molecular weight excluding hydrogens is 232 g/mol. The van der Waals surface area contributed by atoms with Gasteiger partial charge in [0.15, 0.2) is 0 Å². The van der Waals surface area contributed by atoms with Crippen molar-refractivity contribution in [1.29, 1.82) is 0 Å². The van der Waals surface area contributed by atoms with E-state index in [2.05, 4.69) is 17.2 Å². The van der Waals surface area contributed by atoms with Gasteiger partial charge < -0.3 is 9.73 Å². The number of nitrogens with zero attached hydrogens (tertiary/aromatic N) is 1. The van der Waals surface area contributed by atoms with E-state index in [4.69, 9.17) is 4.42 Å². The Bertz CT molecular complexity index is 488. The molecule has 0 aliphatic heterocycles. The molecule has 0 bridgehead atoms. The van der Waals surface area contributed by atoms with Crippen molar-refractivity contribution in [2.75, 3.05) is 7.05 Å². The monoisotopic (exact) mass is 250 g/mol. The zero-order valence-corrected chi connectivity index (χ0v) is 11.5. The summed E-state index contributed by atoms with van der Waals surface area (Å²) in [5, 5.41) is 3.37. The fraction of sp³-hybridized carbons (Fsp3) is 0.462. The van der Waals surface area contributed by atoms with Crippen molar-refractivity contribution in [1.82, 2.24) is 10.3 Å². The van der Waals surface area contributed by atoms with Crippen LogP contribution in [0.1, 0.15) is 33.6 Å². The molecule has 0 aliphatic carbocycles. The highest BCUT2D eigenvalue weighted by Crippen LogP contribution is 2.29. The summed E-state index contributed by atoms with van der Waals surface area (Å²) in [4.78, 5) is 5.41. The molecule has 2 aromatic heterocycles. The van der Waals surface area contributed by atoms with Gasteiger partial charge in [-0.05, 0) is 33.4 Å². The van der Waals surface area contributed by atoms with E-state index in [9.17, 15) is 0 Å². The number of aryl methyl sites for hydroxylation is 2. The fourth-order valence-corrected chi connectivity index (χ4v) is 2.86. The second-order valence-corrected chi connectivity index (χ2v) is 5.24. The summed E-state index contributed by atoms with van der Waals surface area (Å²) in [5.74, 6) is 2.03. The molecule has 0 fully saturated rings. The van der Waals surface area contributed by atoms with Crippen molar-refractivity contribution < 1.29 is 4.42 Å². The van der Waals surface area contributed by atoms with E-state index in [-0.39, 0.29) is 0 Å². The van der Waals surface area contributed by atoms with Crippen LogP contribution in [-0.4, -0.2) is 12.0 Å². The predicted molar refractivity (Wildman–Crippen MR) is 70.5 cm³/mol. The molecule has 1 unspecified atom stereocenters. The van der Waals surface area contributed by atoms with Crippen LogP contribution in [0.2, 0.25) is 0 Å². The lowest BCUT2D eigenvalue weighted by Crippen LogP contribution is -2.19. The van der Waals surface area contributed by atoms with Gasteiger partial charge in [-0.15, -0.1) is 11.3 Å². The minimum atomic E-state index is 0.299. The summed E-state index contributed by atoms with van der Waals surface area (Å²) >= 11 is 1.70. The molecule has 17 heavy (non-hydrogen) atoms. The van der Waals surface area contributed by atoms with E-state index in [0.29, 0.717) is 6.04 Å². The standard InChI is InChI=1S/C13H18N2OS/c1-8-9(2)16-10(3)13(8)12(14-4)5-11-6-15-7-17-11/h6-7,12,14H,5H2,1-4H3. The van der Waals surface area contributed by atoms with E-state index in [1.54, 1.807) is 11.3 Å². The maximum Gasteiger partial charge on any atom is 0.106 e. The van der Waals surface area contributed by atoms with Crippen molar-refractivity contribution in [2.45, 2.75) is 33.2 Å². The molecule has 0 saturated heterocycles. The molecule has 4 heteroatoms. The highest BCUT2D eigenvalue weighted by atomic mass is 32.1. The Morgan fingerprint density at radius 3 is 2.59 bits per heavy atom. The first-order chi connectivity index (χ1) is 8.13. The van der Waals surface area contributed by atoms with E-state index < -0.39 is 0 Å². The highest BCUT2D eigenvalue weighted by Gasteiger charge is 2.20. The molecule has 92 valence electrons. The third kappa shape index (κ3) is 2.42. The Labute approximate surface area is 106 Å². The molecule has 0 spiro atoms. The van der Waals surface area contributed by atoms with Crippen molar-refractivity contribution >= 4 is 11.3 Å². The van der Waals surface area contributed by atoms with Gasteiger partial charge in [0.1, 0.15) is 11.5 Å². The van der Waals surface area contributed by atoms with Crippen LogP contribution in [-0.2, 0) is 6.42 Å². The normalized spacial score (nSPS) is 12.9. The topological polar surface area (TPSA) is 38.1 Å². The summed E-state index contributed by atoms with van der Waals surface area (Å²) in [5.41, 5.74) is 4.42. The summed E-state index contributed by atoms with van der Waals surface area (Å²) in [6.45, 7) is 6.18. The molecule has 0 amide bonds. The van der Waals surface area contributed by atoms with Crippen LogP contribution in [0.25, 0.3) is 0 Å². The lowest BCUT2D eigenvalue weighted by Gasteiger charge is -2.15. The van der Waals surface area contributed by atoms with Crippen LogP contribution in [0.5, 0.6) is 0 Å². The van der Waals surface area contributed by atoms with Gasteiger partial charge in [-0.2, -0.15) is 0 Å². The van der Waals surface area contributed by atoms with Crippen LogP contribution < -0.4 is 5.32 Å². The second-order valence-electron chi connectivity index (χ2n) is 4.27. The maximum atomic E-state index is 5.70. The van der Waals surface area contributed by atoms with Crippen molar-refractivity contribution in [3.8, 4) is 0 Å². The fourth-order valence-electron chi connectivity index (χ4n) is 2.21. The van der Waals surface area contributed by atoms with Crippen LogP contribution >= 0.6 is 11.3 Å². The quantitative estimate of drug-likeness (QED) is 0.905. The number of hydrogen-bond acceptors (Lipinski definition) is 4. The zero-order chi connectivity index (χ0) is 12.4. The molecule has 2 rings (SSSR count). The van der Waals surface area contributed by atoms with Gasteiger partial charge in [-0.25, -0.2) is 0 Å².